The molecule has 6 nitrogen and oxygen atoms in total. The van der Waals surface area contributed by atoms with E-state index in [9.17, 15) is 4.79 Å². The Morgan fingerprint density at radius 1 is 1.14 bits per heavy atom. The van der Waals surface area contributed by atoms with Crippen molar-refractivity contribution in [2.45, 2.75) is 13.1 Å². The molecule has 0 N–H and O–H groups in total. The Labute approximate surface area is 174 Å². The number of benzene rings is 2. The van der Waals surface area contributed by atoms with Crippen molar-refractivity contribution >= 4 is 23.2 Å². The maximum atomic E-state index is 12.7. The van der Waals surface area contributed by atoms with Crippen molar-refractivity contribution in [3.63, 3.8) is 0 Å². The molecule has 0 aliphatic carbocycles. The van der Waals surface area contributed by atoms with E-state index in [1.165, 1.54) is 0 Å². The zero-order valence-corrected chi connectivity index (χ0v) is 16.6. The molecule has 3 aromatic rings. The first-order chi connectivity index (χ1) is 14.1. The summed E-state index contributed by atoms with van der Waals surface area (Å²) in [5.74, 6) is 0.0664. The topological polar surface area (TPSA) is 65.2 Å². The van der Waals surface area contributed by atoms with E-state index in [-0.39, 0.29) is 5.91 Å². The van der Waals surface area contributed by atoms with Crippen LogP contribution in [0.3, 0.4) is 0 Å². The second-order valence-corrected chi connectivity index (χ2v) is 7.49. The highest BCUT2D eigenvalue weighted by molar-refractivity contribution is 6.30. The molecule has 0 saturated carbocycles. The highest BCUT2D eigenvalue weighted by atomic mass is 35.5. The first-order valence-corrected chi connectivity index (χ1v) is 9.76. The lowest BCUT2D eigenvalue weighted by atomic mass is 10.1. The maximum Gasteiger partial charge on any atom is 0.241 e. The van der Waals surface area contributed by atoms with Crippen LogP contribution in [0.4, 0.5) is 5.69 Å². The van der Waals surface area contributed by atoms with Crippen LogP contribution in [0.2, 0.25) is 5.02 Å². The van der Waals surface area contributed by atoms with E-state index in [2.05, 4.69) is 20.5 Å². The lowest BCUT2D eigenvalue weighted by Gasteiger charge is -2.34. The summed E-state index contributed by atoms with van der Waals surface area (Å²) in [5.41, 5.74) is 3.65. The van der Waals surface area contributed by atoms with Gasteiger partial charge in [-0.3, -0.25) is 9.69 Å². The Bertz CT molecular complexity index is 1050. The minimum Gasteiger partial charge on any atom is -0.329 e. The monoisotopic (exact) mass is 407 g/mol. The van der Waals surface area contributed by atoms with E-state index in [4.69, 9.17) is 16.9 Å². The van der Waals surface area contributed by atoms with E-state index in [0.29, 0.717) is 36.8 Å². The number of carbonyl (C=O) groups is 1. The number of anilines is 1. The molecule has 0 atom stereocenters. The van der Waals surface area contributed by atoms with Gasteiger partial charge >= 0.3 is 0 Å². The molecule has 146 valence electrons. The van der Waals surface area contributed by atoms with Crippen LogP contribution < -0.4 is 4.90 Å². The molecule has 29 heavy (non-hydrogen) atoms. The number of carbonyl (C=O) groups excluding carboxylic acids is 1. The van der Waals surface area contributed by atoms with Gasteiger partial charge in [-0.05, 0) is 35.9 Å². The fraction of sp³-hybridized carbons (Fsp3) is 0.227. The van der Waals surface area contributed by atoms with Crippen molar-refractivity contribution in [1.82, 2.24) is 14.5 Å². The van der Waals surface area contributed by atoms with E-state index >= 15 is 0 Å². The second-order valence-electron chi connectivity index (χ2n) is 7.06. The summed E-state index contributed by atoms with van der Waals surface area (Å²) in [7, 11) is 0. The second kappa shape index (κ2) is 8.48. The van der Waals surface area contributed by atoms with Crippen molar-refractivity contribution in [3.05, 3.63) is 82.9 Å². The average Bonchev–Trinajstić information content (AvgIpc) is 3.15. The van der Waals surface area contributed by atoms with Gasteiger partial charge in [-0.1, -0.05) is 29.8 Å². The minimum absolute atomic E-state index is 0.0664. The zero-order valence-electron chi connectivity index (χ0n) is 15.8. The Balaban J connectivity index is 1.40. The van der Waals surface area contributed by atoms with Crippen LogP contribution in [0, 0.1) is 11.3 Å². The SMILES string of the molecule is N#Cc1ccc(Cn2cncc2CN2CCN(c3cccc(Cl)c3)[14C](=O)C2)cc1. The smallest absolute Gasteiger partial charge is 0.241 e. The molecule has 1 aliphatic rings. The molecule has 0 unspecified atom stereocenters. The number of piperazine rings is 1. The lowest BCUT2D eigenvalue weighted by molar-refractivity contribution is -0.121. The van der Waals surface area contributed by atoms with Gasteiger partial charge in [0.1, 0.15) is 0 Å². The third-order valence-electron chi connectivity index (χ3n) is 5.04. The molecule has 1 fully saturated rings. The molecular weight excluding hydrogens is 388 g/mol. The molecule has 1 saturated heterocycles. The molecule has 7 heteroatoms. The van der Waals surface area contributed by atoms with Crippen molar-refractivity contribution in [3.8, 4) is 6.07 Å². The molecule has 1 aliphatic heterocycles. The highest BCUT2D eigenvalue weighted by Crippen LogP contribution is 2.22. The van der Waals surface area contributed by atoms with Crippen LogP contribution in [0.1, 0.15) is 16.8 Å². The largest absolute Gasteiger partial charge is 0.329 e. The Hall–Kier alpha value is -3.14. The fourth-order valence-corrected chi connectivity index (χ4v) is 3.69. The van der Waals surface area contributed by atoms with Gasteiger partial charge < -0.3 is 9.47 Å². The third kappa shape index (κ3) is 4.48. The molecule has 0 radical (unpaired) electrons. The molecular formula is C22H20ClN5O. The van der Waals surface area contributed by atoms with Crippen molar-refractivity contribution in [2.24, 2.45) is 0 Å². The number of halogens is 1. The standard InChI is InChI=1S/C22H20ClN5O/c23-19-2-1-3-20(10-19)28-9-8-26(15-22(28)29)14-21-12-25-16-27(21)13-18-6-4-17(11-24)5-7-18/h1-7,10,12,16H,8-9,13-15H2/i22+2. The van der Waals surface area contributed by atoms with Crippen LogP contribution >= 0.6 is 11.6 Å². The normalized spacial score (nSPS) is 14.8. The summed E-state index contributed by atoms with van der Waals surface area (Å²) in [5, 5.41) is 9.56. The third-order valence-corrected chi connectivity index (χ3v) is 5.27. The summed E-state index contributed by atoms with van der Waals surface area (Å²) in [4.78, 5) is 20.9. The maximum absolute atomic E-state index is 12.7. The first kappa shape index (κ1) is 19.2. The quantitative estimate of drug-likeness (QED) is 0.651. The van der Waals surface area contributed by atoms with Gasteiger partial charge in [0.25, 0.3) is 0 Å². The first-order valence-electron chi connectivity index (χ1n) is 9.39. The fourth-order valence-electron chi connectivity index (χ4n) is 3.51. The van der Waals surface area contributed by atoms with Crippen LogP contribution in [0.25, 0.3) is 0 Å². The van der Waals surface area contributed by atoms with Crippen LogP contribution in [-0.4, -0.2) is 40.0 Å². The van der Waals surface area contributed by atoms with Crippen LogP contribution in [-0.2, 0) is 17.9 Å². The summed E-state index contributed by atoms with van der Waals surface area (Å²) >= 11 is 6.06. The van der Waals surface area contributed by atoms with Crippen molar-refractivity contribution < 1.29 is 4.79 Å². The number of nitrogens with zero attached hydrogens (tertiary/aromatic N) is 5. The minimum atomic E-state index is 0.0664. The average molecular weight is 408 g/mol. The van der Waals surface area contributed by atoms with E-state index < -0.39 is 0 Å². The summed E-state index contributed by atoms with van der Waals surface area (Å²) in [6.45, 7) is 3.10. The van der Waals surface area contributed by atoms with E-state index in [0.717, 1.165) is 23.5 Å². The highest BCUT2D eigenvalue weighted by Gasteiger charge is 2.25. The van der Waals surface area contributed by atoms with Crippen molar-refractivity contribution in [2.75, 3.05) is 24.5 Å². The molecule has 0 spiro atoms. The Morgan fingerprint density at radius 3 is 2.69 bits per heavy atom. The molecule has 1 aromatic heterocycles. The van der Waals surface area contributed by atoms with Crippen molar-refractivity contribution in [1.29, 1.82) is 5.26 Å². The number of hydrogen-bond acceptors (Lipinski definition) is 4. The molecule has 2 aromatic carbocycles. The Kier molecular flexibility index (Phi) is 5.61. The molecule has 1 amide bonds. The summed E-state index contributed by atoms with van der Waals surface area (Å²) in [6, 6.07) is 17.1. The number of hydrogen-bond donors (Lipinski definition) is 0. The molecule has 0 bridgehead atoms. The Morgan fingerprint density at radius 2 is 1.97 bits per heavy atom. The van der Waals surface area contributed by atoms with Gasteiger partial charge in [0.15, 0.2) is 0 Å². The summed E-state index contributed by atoms with van der Waals surface area (Å²) < 4.78 is 2.08. The predicted molar refractivity (Wildman–Crippen MR) is 112 cm³/mol. The zero-order chi connectivity index (χ0) is 20.2. The molecule has 2 heterocycles. The van der Waals surface area contributed by atoms with Gasteiger partial charge in [-0.15, -0.1) is 0 Å². The van der Waals surface area contributed by atoms with Gasteiger partial charge in [-0.25, -0.2) is 4.98 Å². The summed E-state index contributed by atoms with van der Waals surface area (Å²) in [6.07, 6.45) is 3.65. The van der Waals surface area contributed by atoms with Gasteiger partial charge in [0.05, 0.1) is 30.2 Å². The number of nitriles is 1. The van der Waals surface area contributed by atoms with Gasteiger partial charge in [0.2, 0.25) is 5.91 Å². The molecule has 4 rings (SSSR count). The lowest BCUT2D eigenvalue weighted by Crippen LogP contribution is -2.50. The predicted octanol–water partition coefficient (Wildman–Crippen LogP) is 3.31. The van der Waals surface area contributed by atoms with Crippen LogP contribution in [0.15, 0.2) is 61.1 Å². The van der Waals surface area contributed by atoms with E-state index in [1.807, 2.05) is 48.7 Å². The van der Waals surface area contributed by atoms with Gasteiger partial charge in [0, 0.05) is 43.1 Å². The van der Waals surface area contributed by atoms with Gasteiger partial charge in [-0.2, -0.15) is 5.26 Å². The number of rotatable bonds is 5. The van der Waals surface area contributed by atoms with Crippen LogP contribution in [0.5, 0.6) is 0 Å². The van der Waals surface area contributed by atoms with E-state index in [1.54, 1.807) is 17.3 Å². The number of aromatic nitrogens is 2. The number of imidazole rings is 1. The number of amides is 1.